The van der Waals surface area contributed by atoms with Crippen LogP contribution in [0.2, 0.25) is 0 Å². The average molecular weight is 251 g/mol. The van der Waals surface area contributed by atoms with Crippen LogP contribution in [0.1, 0.15) is 12.5 Å². The molecule has 1 aromatic rings. The molecule has 0 spiro atoms. The maximum absolute atomic E-state index is 11.5. The number of nitrogens with one attached hydrogen (secondary N) is 1. The Balaban J connectivity index is 2.81. The summed E-state index contributed by atoms with van der Waals surface area (Å²) in [4.78, 5) is 22.6. The van der Waals surface area contributed by atoms with Gasteiger partial charge in [-0.05, 0) is 17.7 Å². The summed E-state index contributed by atoms with van der Waals surface area (Å²) in [7, 11) is 2.87. The molecule has 18 heavy (non-hydrogen) atoms. The molecule has 0 aliphatic carbocycles. The van der Waals surface area contributed by atoms with E-state index in [9.17, 15) is 9.59 Å². The van der Waals surface area contributed by atoms with Crippen molar-refractivity contribution in [2.75, 3.05) is 14.2 Å². The van der Waals surface area contributed by atoms with Gasteiger partial charge in [0.2, 0.25) is 5.91 Å². The summed E-state index contributed by atoms with van der Waals surface area (Å²) in [6.07, 6.45) is 0.365. The lowest BCUT2D eigenvalue weighted by atomic mass is 10.1. The van der Waals surface area contributed by atoms with Crippen LogP contribution >= 0.6 is 0 Å². The van der Waals surface area contributed by atoms with Crippen molar-refractivity contribution in [1.82, 2.24) is 5.32 Å². The smallest absolute Gasteiger partial charge is 0.328 e. The number of benzene rings is 1. The lowest BCUT2D eigenvalue weighted by Gasteiger charge is -2.15. The van der Waals surface area contributed by atoms with Gasteiger partial charge in [-0.1, -0.05) is 12.1 Å². The van der Waals surface area contributed by atoms with Gasteiger partial charge in [-0.25, -0.2) is 4.79 Å². The van der Waals surface area contributed by atoms with Crippen LogP contribution in [-0.2, 0) is 20.7 Å². The van der Waals surface area contributed by atoms with Crippen molar-refractivity contribution in [2.24, 2.45) is 0 Å². The van der Waals surface area contributed by atoms with Gasteiger partial charge < -0.3 is 14.8 Å². The van der Waals surface area contributed by atoms with Gasteiger partial charge in [-0.3, -0.25) is 4.79 Å². The van der Waals surface area contributed by atoms with E-state index in [4.69, 9.17) is 4.74 Å². The third kappa shape index (κ3) is 4.08. The lowest BCUT2D eigenvalue weighted by molar-refractivity contribution is -0.144. The van der Waals surface area contributed by atoms with Crippen LogP contribution in [0.15, 0.2) is 24.3 Å². The SMILES string of the molecule is COC(=O)C(Cc1cccc(OC)c1)NC(C)=O. The van der Waals surface area contributed by atoms with Crippen molar-refractivity contribution in [3.63, 3.8) is 0 Å². The van der Waals surface area contributed by atoms with E-state index < -0.39 is 12.0 Å². The zero-order valence-corrected chi connectivity index (χ0v) is 10.7. The Labute approximate surface area is 106 Å². The highest BCUT2D eigenvalue weighted by molar-refractivity contribution is 5.83. The second kappa shape index (κ2) is 6.64. The van der Waals surface area contributed by atoms with Crippen molar-refractivity contribution >= 4 is 11.9 Å². The highest BCUT2D eigenvalue weighted by Gasteiger charge is 2.20. The van der Waals surface area contributed by atoms with E-state index in [2.05, 4.69) is 10.1 Å². The number of carbonyl (C=O) groups excluding carboxylic acids is 2. The second-order valence-corrected chi connectivity index (χ2v) is 3.83. The summed E-state index contributed by atoms with van der Waals surface area (Å²) in [6.45, 7) is 1.36. The predicted molar refractivity (Wildman–Crippen MR) is 66.3 cm³/mol. The third-order valence-corrected chi connectivity index (χ3v) is 2.44. The summed E-state index contributed by atoms with van der Waals surface area (Å²) in [5, 5.41) is 2.56. The minimum Gasteiger partial charge on any atom is -0.497 e. The van der Waals surface area contributed by atoms with E-state index in [1.54, 1.807) is 7.11 Å². The number of amides is 1. The summed E-state index contributed by atoms with van der Waals surface area (Å²) < 4.78 is 9.76. The van der Waals surface area contributed by atoms with E-state index in [0.29, 0.717) is 12.2 Å². The van der Waals surface area contributed by atoms with Crippen molar-refractivity contribution in [3.05, 3.63) is 29.8 Å². The fraction of sp³-hybridized carbons (Fsp3) is 0.385. The van der Waals surface area contributed by atoms with E-state index in [0.717, 1.165) is 5.56 Å². The minimum absolute atomic E-state index is 0.270. The Hall–Kier alpha value is -2.04. The summed E-state index contributed by atoms with van der Waals surface area (Å²) >= 11 is 0. The van der Waals surface area contributed by atoms with Crippen molar-refractivity contribution < 1.29 is 19.1 Å². The second-order valence-electron chi connectivity index (χ2n) is 3.83. The molecule has 1 N–H and O–H groups in total. The van der Waals surface area contributed by atoms with E-state index in [-0.39, 0.29) is 5.91 Å². The number of carbonyl (C=O) groups is 2. The Kier molecular flexibility index (Phi) is 5.17. The average Bonchev–Trinajstić information content (AvgIpc) is 2.36. The van der Waals surface area contributed by atoms with Crippen LogP contribution in [0.4, 0.5) is 0 Å². The zero-order valence-electron chi connectivity index (χ0n) is 10.7. The zero-order chi connectivity index (χ0) is 13.5. The Morgan fingerprint density at radius 3 is 2.61 bits per heavy atom. The van der Waals surface area contributed by atoms with Gasteiger partial charge in [0.25, 0.3) is 0 Å². The molecule has 0 saturated carbocycles. The summed E-state index contributed by atoms with van der Waals surface area (Å²) in [5.41, 5.74) is 0.888. The molecule has 1 atom stereocenters. The largest absolute Gasteiger partial charge is 0.497 e. The number of rotatable bonds is 5. The number of hydrogen-bond donors (Lipinski definition) is 1. The van der Waals surface area contributed by atoms with Crippen molar-refractivity contribution in [3.8, 4) is 5.75 Å². The molecule has 0 aliphatic rings. The molecule has 0 aliphatic heterocycles. The van der Waals surface area contributed by atoms with Gasteiger partial charge in [-0.2, -0.15) is 0 Å². The summed E-state index contributed by atoms with van der Waals surface area (Å²) in [6, 6.07) is 6.64. The first kappa shape index (κ1) is 14.0. The number of hydrogen-bond acceptors (Lipinski definition) is 4. The molecule has 1 rings (SSSR count). The molecule has 1 amide bonds. The first-order chi connectivity index (χ1) is 8.56. The van der Waals surface area contributed by atoms with Crippen LogP contribution in [0.25, 0.3) is 0 Å². The van der Waals surface area contributed by atoms with Gasteiger partial charge >= 0.3 is 5.97 Å². The normalized spacial score (nSPS) is 11.5. The van der Waals surface area contributed by atoms with Gasteiger partial charge in [0.1, 0.15) is 11.8 Å². The highest BCUT2D eigenvalue weighted by atomic mass is 16.5. The van der Waals surface area contributed by atoms with Crippen LogP contribution in [0, 0.1) is 0 Å². The first-order valence-corrected chi connectivity index (χ1v) is 5.54. The monoisotopic (exact) mass is 251 g/mol. The maximum Gasteiger partial charge on any atom is 0.328 e. The third-order valence-electron chi connectivity index (χ3n) is 2.44. The fourth-order valence-electron chi connectivity index (χ4n) is 1.62. The van der Waals surface area contributed by atoms with Gasteiger partial charge in [0.15, 0.2) is 0 Å². The molecule has 0 fully saturated rings. The standard InChI is InChI=1S/C13H17NO4/c1-9(15)14-12(13(16)18-3)8-10-5-4-6-11(7-10)17-2/h4-7,12H,8H2,1-3H3,(H,14,15). The van der Waals surface area contributed by atoms with Crippen molar-refractivity contribution in [1.29, 1.82) is 0 Å². The van der Waals surface area contributed by atoms with E-state index in [1.165, 1.54) is 14.0 Å². The molecule has 0 bridgehead atoms. The minimum atomic E-state index is -0.681. The van der Waals surface area contributed by atoms with Gasteiger partial charge in [-0.15, -0.1) is 0 Å². The van der Waals surface area contributed by atoms with Crippen LogP contribution in [0.5, 0.6) is 5.75 Å². The molecule has 0 aromatic heterocycles. The maximum atomic E-state index is 11.5. The molecule has 1 unspecified atom stereocenters. The fourth-order valence-corrected chi connectivity index (χ4v) is 1.62. The number of esters is 1. The topological polar surface area (TPSA) is 64.6 Å². The predicted octanol–water partition coefficient (Wildman–Crippen LogP) is 0.915. The molecule has 0 radical (unpaired) electrons. The van der Waals surface area contributed by atoms with E-state index in [1.807, 2.05) is 24.3 Å². The Morgan fingerprint density at radius 2 is 2.06 bits per heavy atom. The lowest BCUT2D eigenvalue weighted by Crippen LogP contribution is -2.41. The molecule has 5 heteroatoms. The molecular formula is C13H17NO4. The highest BCUT2D eigenvalue weighted by Crippen LogP contribution is 2.14. The molecular weight excluding hydrogens is 234 g/mol. The summed E-state index contributed by atoms with van der Waals surface area (Å²) in [5.74, 6) is -0.0275. The van der Waals surface area contributed by atoms with Crippen LogP contribution < -0.4 is 10.1 Å². The molecule has 1 aromatic carbocycles. The Bertz CT molecular complexity index is 431. The Morgan fingerprint density at radius 1 is 1.33 bits per heavy atom. The van der Waals surface area contributed by atoms with Crippen LogP contribution in [-0.4, -0.2) is 32.1 Å². The quantitative estimate of drug-likeness (QED) is 0.790. The van der Waals surface area contributed by atoms with Crippen molar-refractivity contribution in [2.45, 2.75) is 19.4 Å². The molecule has 0 saturated heterocycles. The van der Waals surface area contributed by atoms with E-state index >= 15 is 0 Å². The molecule has 5 nitrogen and oxygen atoms in total. The van der Waals surface area contributed by atoms with Gasteiger partial charge in [0, 0.05) is 13.3 Å². The molecule has 98 valence electrons. The number of ether oxygens (including phenoxy) is 2. The van der Waals surface area contributed by atoms with Gasteiger partial charge in [0.05, 0.1) is 14.2 Å². The van der Waals surface area contributed by atoms with Crippen LogP contribution in [0.3, 0.4) is 0 Å². The number of methoxy groups -OCH3 is 2. The first-order valence-electron chi connectivity index (χ1n) is 5.54. The molecule has 0 heterocycles.